The van der Waals surface area contributed by atoms with E-state index in [2.05, 4.69) is 16.1 Å². The van der Waals surface area contributed by atoms with Crippen molar-refractivity contribution in [3.05, 3.63) is 12.7 Å². The number of carbonyl (C=O) groups excluding carboxylic acids is 2. The number of carbonyl (C=O) groups is 2. The van der Waals surface area contributed by atoms with Gasteiger partial charge in [-0.3, -0.25) is 0 Å². The first-order valence-electron chi connectivity index (χ1n) is 4.42. The molecule has 0 spiro atoms. The number of ether oxygens (including phenoxy) is 4. The fourth-order valence-electron chi connectivity index (χ4n) is 1.33. The molecule has 6 heteroatoms. The average molecular weight is 232 g/mol. The van der Waals surface area contributed by atoms with E-state index in [1.807, 2.05) is 0 Å². The van der Waals surface area contributed by atoms with Gasteiger partial charge in [0.1, 0.15) is 6.10 Å². The molecule has 0 radical (unpaired) electrons. The Morgan fingerprint density at radius 2 is 1.56 bits per heavy atom. The van der Waals surface area contributed by atoms with Gasteiger partial charge in [0.2, 0.25) is 0 Å². The van der Waals surface area contributed by atoms with Crippen molar-refractivity contribution in [3.63, 3.8) is 0 Å². The van der Waals surface area contributed by atoms with Gasteiger partial charge in [0.15, 0.2) is 0 Å². The van der Waals surface area contributed by atoms with Gasteiger partial charge in [0, 0.05) is 14.2 Å². The van der Waals surface area contributed by atoms with Crippen LogP contribution in [-0.4, -0.2) is 52.1 Å². The summed E-state index contributed by atoms with van der Waals surface area (Å²) in [6.07, 6.45) is 0.259. The highest BCUT2D eigenvalue weighted by Gasteiger charge is 2.55. The van der Waals surface area contributed by atoms with Crippen molar-refractivity contribution in [3.8, 4) is 0 Å². The van der Waals surface area contributed by atoms with Crippen LogP contribution in [0.3, 0.4) is 0 Å². The third-order valence-corrected chi connectivity index (χ3v) is 2.17. The van der Waals surface area contributed by atoms with Crippen LogP contribution in [-0.2, 0) is 28.5 Å². The lowest BCUT2D eigenvalue weighted by molar-refractivity contribution is -0.196. The molecule has 0 aliphatic heterocycles. The summed E-state index contributed by atoms with van der Waals surface area (Å²) in [5.74, 6) is -1.82. The average Bonchev–Trinajstić information content (AvgIpc) is 2.34. The summed E-state index contributed by atoms with van der Waals surface area (Å²) in [7, 11) is 4.76. The van der Waals surface area contributed by atoms with Crippen LogP contribution in [0.5, 0.6) is 0 Å². The first-order valence-corrected chi connectivity index (χ1v) is 4.42. The van der Waals surface area contributed by atoms with Crippen molar-refractivity contribution in [2.75, 3.05) is 28.4 Å². The van der Waals surface area contributed by atoms with Gasteiger partial charge in [-0.1, -0.05) is 6.08 Å². The van der Waals surface area contributed by atoms with E-state index in [0.29, 0.717) is 0 Å². The maximum absolute atomic E-state index is 11.6. The zero-order chi connectivity index (χ0) is 12.8. The second-order valence-corrected chi connectivity index (χ2v) is 2.81. The predicted octanol–water partition coefficient (Wildman–Crippen LogP) is -0.0814. The first kappa shape index (κ1) is 14.6. The van der Waals surface area contributed by atoms with Crippen LogP contribution in [0.25, 0.3) is 0 Å². The number of hydrogen-bond acceptors (Lipinski definition) is 6. The van der Waals surface area contributed by atoms with Crippen molar-refractivity contribution >= 4 is 11.9 Å². The zero-order valence-electron chi connectivity index (χ0n) is 9.81. The molecule has 92 valence electrons. The molecular formula is C10H16O6. The third-order valence-electron chi connectivity index (χ3n) is 2.17. The van der Waals surface area contributed by atoms with E-state index in [1.54, 1.807) is 0 Å². The molecule has 0 aliphatic carbocycles. The SMILES string of the molecule is C=CC(OC)C(OC)(C(=O)OC)C(=O)OC. The predicted molar refractivity (Wildman–Crippen MR) is 54.8 cm³/mol. The molecule has 0 heterocycles. The number of methoxy groups -OCH3 is 4. The van der Waals surface area contributed by atoms with E-state index in [-0.39, 0.29) is 0 Å². The lowest BCUT2D eigenvalue weighted by Gasteiger charge is -2.31. The molecule has 0 fully saturated rings. The van der Waals surface area contributed by atoms with Crippen LogP contribution in [0.2, 0.25) is 0 Å². The Morgan fingerprint density at radius 3 is 1.75 bits per heavy atom. The number of hydrogen-bond donors (Lipinski definition) is 0. The minimum Gasteiger partial charge on any atom is -0.466 e. The fourth-order valence-corrected chi connectivity index (χ4v) is 1.33. The Kier molecular flexibility index (Phi) is 5.69. The van der Waals surface area contributed by atoms with E-state index in [9.17, 15) is 9.59 Å². The highest BCUT2D eigenvalue weighted by atomic mass is 16.6. The molecule has 0 aliphatic rings. The topological polar surface area (TPSA) is 71.1 Å². The van der Waals surface area contributed by atoms with Gasteiger partial charge in [-0.05, 0) is 0 Å². The highest BCUT2D eigenvalue weighted by molar-refractivity contribution is 6.04. The Morgan fingerprint density at radius 1 is 1.12 bits per heavy atom. The Bertz CT molecular complexity index is 256. The molecule has 1 unspecified atom stereocenters. The van der Waals surface area contributed by atoms with E-state index >= 15 is 0 Å². The first-order chi connectivity index (χ1) is 7.54. The van der Waals surface area contributed by atoms with Gasteiger partial charge in [0.25, 0.3) is 5.60 Å². The quantitative estimate of drug-likeness (QED) is 0.362. The summed E-state index contributed by atoms with van der Waals surface area (Å²) in [4.78, 5) is 23.3. The third kappa shape index (κ3) is 2.23. The molecule has 0 aromatic heterocycles. The molecule has 0 N–H and O–H groups in total. The molecule has 6 nitrogen and oxygen atoms in total. The van der Waals surface area contributed by atoms with Gasteiger partial charge in [-0.2, -0.15) is 0 Å². The van der Waals surface area contributed by atoms with Crippen LogP contribution >= 0.6 is 0 Å². The van der Waals surface area contributed by atoms with Crippen LogP contribution in [0, 0.1) is 0 Å². The van der Waals surface area contributed by atoms with Gasteiger partial charge >= 0.3 is 11.9 Å². The molecule has 0 rings (SSSR count). The minimum atomic E-state index is -1.99. The maximum Gasteiger partial charge on any atom is 0.353 e. The van der Waals surface area contributed by atoms with Crippen LogP contribution in [0.15, 0.2) is 12.7 Å². The molecule has 1 atom stereocenters. The van der Waals surface area contributed by atoms with E-state index < -0.39 is 23.6 Å². The summed E-state index contributed by atoms with van der Waals surface area (Å²) in [6, 6.07) is 0. The van der Waals surface area contributed by atoms with Crippen LogP contribution in [0.1, 0.15) is 0 Å². The molecule has 0 bridgehead atoms. The zero-order valence-corrected chi connectivity index (χ0v) is 9.81. The van der Waals surface area contributed by atoms with Crippen molar-refractivity contribution in [2.24, 2.45) is 0 Å². The molecule has 16 heavy (non-hydrogen) atoms. The van der Waals surface area contributed by atoms with Crippen molar-refractivity contribution in [1.29, 1.82) is 0 Å². The monoisotopic (exact) mass is 232 g/mol. The summed E-state index contributed by atoms with van der Waals surface area (Å²) in [5.41, 5.74) is -1.99. The maximum atomic E-state index is 11.6. The van der Waals surface area contributed by atoms with Gasteiger partial charge in [-0.15, -0.1) is 6.58 Å². The van der Waals surface area contributed by atoms with Crippen molar-refractivity contribution in [1.82, 2.24) is 0 Å². The van der Waals surface area contributed by atoms with Crippen LogP contribution in [0.4, 0.5) is 0 Å². The minimum absolute atomic E-state index is 0.909. The van der Waals surface area contributed by atoms with Crippen molar-refractivity contribution in [2.45, 2.75) is 11.7 Å². The number of esters is 2. The lowest BCUT2D eigenvalue weighted by Crippen LogP contribution is -2.58. The van der Waals surface area contributed by atoms with E-state index in [1.165, 1.54) is 20.3 Å². The van der Waals surface area contributed by atoms with Gasteiger partial charge in [-0.25, -0.2) is 9.59 Å². The van der Waals surface area contributed by atoms with E-state index in [0.717, 1.165) is 14.2 Å². The normalized spacial score (nSPS) is 12.8. The molecule has 0 aromatic carbocycles. The lowest BCUT2D eigenvalue weighted by atomic mass is 9.96. The second-order valence-electron chi connectivity index (χ2n) is 2.81. The number of rotatable bonds is 6. The van der Waals surface area contributed by atoms with Crippen LogP contribution < -0.4 is 0 Å². The molecule has 0 saturated carbocycles. The molecule has 0 amide bonds. The van der Waals surface area contributed by atoms with Gasteiger partial charge < -0.3 is 18.9 Å². The summed E-state index contributed by atoms with van der Waals surface area (Å²) >= 11 is 0. The van der Waals surface area contributed by atoms with Crippen molar-refractivity contribution < 1.29 is 28.5 Å². The van der Waals surface area contributed by atoms with E-state index in [4.69, 9.17) is 9.47 Å². The largest absolute Gasteiger partial charge is 0.466 e. The summed E-state index contributed by atoms with van der Waals surface area (Å²) in [6.45, 7) is 3.46. The Labute approximate surface area is 94.1 Å². The Hall–Kier alpha value is -1.40. The summed E-state index contributed by atoms with van der Waals surface area (Å²) in [5, 5.41) is 0. The standard InChI is InChI=1S/C10H16O6/c1-6-7(13-2)10(16-5,8(11)14-3)9(12)15-4/h6-7H,1H2,2-5H3. The smallest absolute Gasteiger partial charge is 0.353 e. The Balaban J connectivity index is 5.51. The van der Waals surface area contributed by atoms with Gasteiger partial charge in [0.05, 0.1) is 14.2 Å². The summed E-state index contributed by atoms with van der Waals surface area (Å²) < 4.78 is 18.9. The molecule has 0 saturated heterocycles. The fraction of sp³-hybridized carbons (Fsp3) is 0.600. The molecule has 0 aromatic rings. The second kappa shape index (κ2) is 6.24. The molecular weight excluding hydrogens is 216 g/mol. The highest BCUT2D eigenvalue weighted by Crippen LogP contribution is 2.23.